The number of halogens is 1. The van der Waals surface area contributed by atoms with Crippen LogP contribution in [0.3, 0.4) is 0 Å². The number of ether oxygens (including phenoxy) is 1. The summed E-state index contributed by atoms with van der Waals surface area (Å²) in [5.41, 5.74) is 2.74. The zero-order chi connectivity index (χ0) is 29.1. The quantitative estimate of drug-likeness (QED) is 0.337. The highest BCUT2D eigenvalue weighted by molar-refractivity contribution is 6.31. The van der Waals surface area contributed by atoms with Crippen molar-refractivity contribution in [1.82, 2.24) is 30.1 Å². The van der Waals surface area contributed by atoms with Crippen molar-refractivity contribution in [1.29, 1.82) is 0 Å². The van der Waals surface area contributed by atoms with Crippen LogP contribution in [-0.2, 0) is 14.3 Å². The van der Waals surface area contributed by atoms with E-state index in [9.17, 15) is 19.5 Å². The van der Waals surface area contributed by atoms with Crippen LogP contribution in [0.5, 0.6) is 0 Å². The van der Waals surface area contributed by atoms with Crippen LogP contribution in [0.4, 0.5) is 5.69 Å². The summed E-state index contributed by atoms with van der Waals surface area (Å²) in [6.07, 6.45) is 3.01. The molecule has 4 aromatic rings. The van der Waals surface area contributed by atoms with Gasteiger partial charge >= 0.3 is 11.9 Å². The summed E-state index contributed by atoms with van der Waals surface area (Å²) in [6.45, 7) is 5.40. The van der Waals surface area contributed by atoms with E-state index in [-0.39, 0.29) is 0 Å². The fourth-order valence-corrected chi connectivity index (χ4v) is 5.60. The number of benzene rings is 2. The molecule has 6 rings (SSSR count). The number of hydrogen-bond donors (Lipinski definition) is 2. The van der Waals surface area contributed by atoms with E-state index in [0.717, 1.165) is 10.9 Å². The lowest BCUT2D eigenvalue weighted by Gasteiger charge is -2.42. The van der Waals surface area contributed by atoms with Crippen LogP contribution in [-0.4, -0.2) is 70.9 Å². The first kappa shape index (κ1) is 26.5. The SMILES string of the molecule is CC(C)(C)OC(=O)c1cc2cc(N3C(c4cc(Cl)ccc4-n4cnnn4)=CC(=O)N4C(C(=O)O)CCC34)ccc2[nH]1. The number of tetrazole rings is 1. The van der Waals surface area contributed by atoms with Crippen molar-refractivity contribution in [3.8, 4) is 5.69 Å². The van der Waals surface area contributed by atoms with Gasteiger partial charge in [-0.1, -0.05) is 11.6 Å². The minimum Gasteiger partial charge on any atom is -0.480 e. The van der Waals surface area contributed by atoms with Gasteiger partial charge in [0.15, 0.2) is 0 Å². The van der Waals surface area contributed by atoms with Crippen LogP contribution in [0, 0.1) is 0 Å². The van der Waals surface area contributed by atoms with E-state index in [2.05, 4.69) is 20.5 Å². The van der Waals surface area contributed by atoms with E-state index in [1.165, 1.54) is 22.0 Å². The lowest BCUT2D eigenvalue weighted by Crippen LogP contribution is -2.54. The van der Waals surface area contributed by atoms with Gasteiger partial charge < -0.3 is 24.6 Å². The second kappa shape index (κ2) is 9.73. The highest BCUT2D eigenvalue weighted by Crippen LogP contribution is 2.42. The van der Waals surface area contributed by atoms with Crippen molar-refractivity contribution in [2.24, 2.45) is 0 Å². The number of carbonyl (C=O) groups excluding carboxylic acids is 2. The van der Waals surface area contributed by atoms with Crippen molar-refractivity contribution in [3.63, 3.8) is 0 Å². The van der Waals surface area contributed by atoms with Crippen LogP contribution in [0.1, 0.15) is 49.7 Å². The summed E-state index contributed by atoms with van der Waals surface area (Å²) in [5.74, 6) is -1.95. The molecule has 2 aliphatic heterocycles. The van der Waals surface area contributed by atoms with Crippen LogP contribution in [0.2, 0.25) is 5.02 Å². The van der Waals surface area contributed by atoms with E-state index in [1.54, 1.807) is 45.0 Å². The number of nitrogens with one attached hydrogen (secondary N) is 1. The van der Waals surface area contributed by atoms with Crippen molar-refractivity contribution in [3.05, 3.63) is 71.1 Å². The molecule has 2 unspecified atom stereocenters. The largest absolute Gasteiger partial charge is 0.480 e. The Morgan fingerprint density at radius 1 is 1.12 bits per heavy atom. The topological polar surface area (TPSA) is 147 Å². The van der Waals surface area contributed by atoms with Gasteiger partial charge in [0.2, 0.25) is 0 Å². The lowest BCUT2D eigenvalue weighted by molar-refractivity contribution is -0.147. The normalized spacial score (nSPS) is 18.9. The Labute approximate surface area is 239 Å². The van der Waals surface area contributed by atoms with Gasteiger partial charge in [-0.05, 0) is 86.5 Å². The monoisotopic (exact) mass is 575 g/mol. The number of esters is 1. The number of hydrogen-bond acceptors (Lipinski definition) is 8. The van der Waals surface area contributed by atoms with Crippen molar-refractivity contribution < 1.29 is 24.2 Å². The van der Waals surface area contributed by atoms with E-state index in [1.807, 2.05) is 23.1 Å². The summed E-state index contributed by atoms with van der Waals surface area (Å²) in [7, 11) is 0. The van der Waals surface area contributed by atoms with Gasteiger partial charge in [-0.25, -0.2) is 9.59 Å². The first-order valence-corrected chi connectivity index (χ1v) is 13.3. The molecule has 0 saturated carbocycles. The molecule has 2 aromatic heterocycles. The molecule has 2 aliphatic rings. The predicted octanol–water partition coefficient (Wildman–Crippen LogP) is 4.02. The standard InChI is InChI=1S/C28H26ClN7O5/c1-28(2,3)41-27(40)20-11-15-10-17(5-6-19(15)31-20)35-23(13-25(37)36-22(26(38)39)8-9-24(35)36)18-12-16(29)4-7-21(18)34-14-30-32-33-34/h4-7,10-14,22,24,31H,8-9H2,1-3H3,(H,38,39). The van der Waals surface area contributed by atoms with Gasteiger partial charge in [0.1, 0.15) is 29.8 Å². The number of H-pyrrole nitrogens is 1. The number of rotatable bonds is 5. The molecule has 1 saturated heterocycles. The van der Waals surface area contributed by atoms with Crippen LogP contribution < -0.4 is 4.90 Å². The van der Waals surface area contributed by atoms with Gasteiger partial charge in [-0.3, -0.25) is 4.79 Å². The molecule has 210 valence electrons. The Morgan fingerprint density at radius 3 is 2.63 bits per heavy atom. The average molecular weight is 576 g/mol. The second-order valence-electron chi connectivity index (χ2n) is 10.9. The van der Waals surface area contributed by atoms with E-state index in [4.69, 9.17) is 16.3 Å². The number of aliphatic carboxylic acids is 1. The maximum atomic E-state index is 13.5. The number of aromatic amines is 1. The van der Waals surface area contributed by atoms with Crippen molar-refractivity contribution in [2.75, 3.05) is 4.90 Å². The summed E-state index contributed by atoms with van der Waals surface area (Å²) >= 11 is 6.43. The Bertz CT molecular complexity index is 1720. The molecule has 2 atom stereocenters. The summed E-state index contributed by atoms with van der Waals surface area (Å²) < 4.78 is 6.99. The van der Waals surface area contributed by atoms with Crippen LogP contribution >= 0.6 is 11.6 Å². The molecule has 0 radical (unpaired) electrons. The highest BCUT2D eigenvalue weighted by Gasteiger charge is 2.47. The zero-order valence-electron chi connectivity index (χ0n) is 22.4. The molecule has 0 aliphatic carbocycles. The molecular formula is C28H26ClN7O5. The van der Waals surface area contributed by atoms with Gasteiger partial charge in [0.05, 0.1) is 11.4 Å². The van der Waals surface area contributed by atoms with Gasteiger partial charge in [0.25, 0.3) is 5.91 Å². The molecule has 0 bridgehead atoms. The molecule has 41 heavy (non-hydrogen) atoms. The highest BCUT2D eigenvalue weighted by atomic mass is 35.5. The lowest BCUT2D eigenvalue weighted by atomic mass is 10.0. The number of anilines is 1. The Morgan fingerprint density at radius 2 is 1.93 bits per heavy atom. The summed E-state index contributed by atoms with van der Waals surface area (Å²) in [5, 5.41) is 22.5. The molecule has 13 heteroatoms. The average Bonchev–Trinajstić information content (AvgIpc) is 3.67. The number of carbonyl (C=O) groups is 3. The Hall–Kier alpha value is -4.71. The first-order valence-electron chi connectivity index (χ1n) is 13.0. The van der Waals surface area contributed by atoms with Gasteiger partial charge in [0, 0.05) is 33.3 Å². The predicted molar refractivity (Wildman–Crippen MR) is 149 cm³/mol. The molecule has 4 heterocycles. The molecule has 1 fully saturated rings. The number of nitrogens with zero attached hydrogens (tertiary/aromatic N) is 6. The minimum atomic E-state index is -1.06. The first-order chi connectivity index (χ1) is 19.5. The molecule has 12 nitrogen and oxygen atoms in total. The van der Waals surface area contributed by atoms with E-state index < -0.39 is 35.7 Å². The van der Waals surface area contributed by atoms with Crippen LogP contribution in [0.15, 0.2) is 54.9 Å². The Balaban J connectivity index is 1.50. The molecule has 2 N–H and O–H groups in total. The van der Waals surface area contributed by atoms with E-state index in [0.29, 0.717) is 46.2 Å². The maximum Gasteiger partial charge on any atom is 0.355 e. The fourth-order valence-electron chi connectivity index (χ4n) is 5.43. The van der Waals surface area contributed by atoms with Crippen molar-refractivity contribution >= 4 is 51.7 Å². The number of aromatic nitrogens is 5. The Kier molecular flexibility index (Phi) is 6.29. The van der Waals surface area contributed by atoms with Crippen molar-refractivity contribution in [2.45, 2.75) is 51.4 Å². The number of fused-ring (bicyclic) bond motifs is 2. The molecule has 2 aromatic carbocycles. The van der Waals surface area contributed by atoms with Gasteiger partial charge in [-0.2, -0.15) is 4.68 Å². The summed E-state index contributed by atoms with van der Waals surface area (Å²) in [4.78, 5) is 44.7. The third-order valence-electron chi connectivity index (χ3n) is 7.04. The molecular weight excluding hydrogens is 550 g/mol. The minimum absolute atomic E-state index is 0.300. The smallest absolute Gasteiger partial charge is 0.355 e. The third-order valence-corrected chi connectivity index (χ3v) is 7.28. The van der Waals surface area contributed by atoms with E-state index >= 15 is 0 Å². The number of amides is 1. The number of carboxylic acid groups (broad SMARTS) is 1. The van der Waals surface area contributed by atoms with Gasteiger partial charge in [-0.15, -0.1) is 5.10 Å². The molecule has 0 spiro atoms. The number of carboxylic acids is 1. The fraction of sp³-hybridized carbons (Fsp3) is 0.286. The molecule has 1 amide bonds. The second-order valence-corrected chi connectivity index (χ2v) is 11.4. The third kappa shape index (κ3) is 4.80. The van der Waals surface area contributed by atoms with Crippen LogP contribution in [0.25, 0.3) is 22.3 Å². The maximum absolute atomic E-state index is 13.5. The zero-order valence-corrected chi connectivity index (χ0v) is 23.2. The summed E-state index contributed by atoms with van der Waals surface area (Å²) in [6, 6.07) is 11.5.